The summed E-state index contributed by atoms with van der Waals surface area (Å²) in [7, 11) is 1.62. The van der Waals surface area contributed by atoms with Gasteiger partial charge in [0.2, 0.25) is 0 Å². The highest BCUT2D eigenvalue weighted by atomic mass is 79.9. The molecule has 0 radical (unpaired) electrons. The molecule has 1 heterocycles. The number of aromatic nitrogens is 2. The van der Waals surface area contributed by atoms with Crippen LogP contribution in [0.25, 0.3) is 11.3 Å². The standard InChI is InChI=1S/C11H13BrN4O/c1-6-15-10(11(13)16(6)14)7-3-4-9(17-2)8(12)5-7/h3-5H,13-14H2,1-2H3. The molecule has 1 aromatic carbocycles. The molecule has 0 aliphatic heterocycles. The number of imidazole rings is 1. The van der Waals surface area contributed by atoms with Gasteiger partial charge < -0.3 is 16.3 Å². The summed E-state index contributed by atoms with van der Waals surface area (Å²) in [6.07, 6.45) is 0. The van der Waals surface area contributed by atoms with Crippen LogP contribution in [-0.4, -0.2) is 16.8 Å². The lowest BCUT2D eigenvalue weighted by Gasteiger charge is -2.05. The number of anilines is 1. The van der Waals surface area contributed by atoms with E-state index in [9.17, 15) is 0 Å². The summed E-state index contributed by atoms with van der Waals surface area (Å²) in [5.74, 6) is 7.60. The Bertz CT molecular complexity index is 565. The highest BCUT2D eigenvalue weighted by molar-refractivity contribution is 9.10. The monoisotopic (exact) mass is 296 g/mol. The minimum Gasteiger partial charge on any atom is -0.496 e. The quantitative estimate of drug-likeness (QED) is 0.830. The first-order valence-corrected chi connectivity index (χ1v) is 5.77. The molecule has 2 rings (SSSR count). The first-order valence-electron chi connectivity index (χ1n) is 4.98. The van der Waals surface area contributed by atoms with Gasteiger partial charge in [-0.3, -0.25) is 0 Å². The molecule has 4 N–H and O–H groups in total. The van der Waals surface area contributed by atoms with Gasteiger partial charge in [0.25, 0.3) is 0 Å². The molecule has 0 atom stereocenters. The number of hydrogen-bond acceptors (Lipinski definition) is 4. The van der Waals surface area contributed by atoms with Crippen LogP contribution in [0.5, 0.6) is 5.75 Å². The smallest absolute Gasteiger partial charge is 0.150 e. The van der Waals surface area contributed by atoms with E-state index >= 15 is 0 Å². The predicted octanol–water partition coefficient (Wildman–Crippen LogP) is 1.93. The van der Waals surface area contributed by atoms with Gasteiger partial charge in [-0.05, 0) is 41.1 Å². The van der Waals surface area contributed by atoms with E-state index in [1.54, 1.807) is 14.0 Å². The lowest BCUT2D eigenvalue weighted by atomic mass is 10.1. The average Bonchev–Trinajstić information content (AvgIpc) is 2.57. The van der Waals surface area contributed by atoms with Crippen LogP contribution in [0.1, 0.15) is 5.82 Å². The SMILES string of the molecule is COc1ccc(-c2nc(C)n(N)c2N)cc1Br. The Morgan fingerprint density at radius 1 is 1.41 bits per heavy atom. The zero-order chi connectivity index (χ0) is 12.6. The van der Waals surface area contributed by atoms with Gasteiger partial charge in [0.1, 0.15) is 17.3 Å². The van der Waals surface area contributed by atoms with E-state index in [0.717, 1.165) is 15.8 Å². The largest absolute Gasteiger partial charge is 0.496 e. The number of methoxy groups -OCH3 is 1. The van der Waals surface area contributed by atoms with E-state index in [2.05, 4.69) is 20.9 Å². The van der Waals surface area contributed by atoms with E-state index in [0.29, 0.717) is 17.3 Å². The van der Waals surface area contributed by atoms with Crippen molar-refractivity contribution in [2.45, 2.75) is 6.92 Å². The van der Waals surface area contributed by atoms with E-state index in [1.165, 1.54) is 4.68 Å². The van der Waals surface area contributed by atoms with E-state index in [1.807, 2.05) is 18.2 Å². The lowest BCUT2D eigenvalue weighted by molar-refractivity contribution is 0.412. The third-order valence-corrected chi connectivity index (χ3v) is 3.17. The first-order chi connectivity index (χ1) is 8.04. The van der Waals surface area contributed by atoms with Gasteiger partial charge in [0.05, 0.1) is 11.6 Å². The van der Waals surface area contributed by atoms with Gasteiger partial charge >= 0.3 is 0 Å². The maximum absolute atomic E-state index is 5.88. The van der Waals surface area contributed by atoms with E-state index < -0.39 is 0 Å². The van der Waals surface area contributed by atoms with Gasteiger partial charge in [0, 0.05) is 5.56 Å². The van der Waals surface area contributed by atoms with Gasteiger partial charge in [0.15, 0.2) is 5.82 Å². The van der Waals surface area contributed by atoms with Crippen molar-refractivity contribution in [3.05, 3.63) is 28.5 Å². The number of aryl methyl sites for hydroxylation is 1. The molecule has 0 aliphatic rings. The Morgan fingerprint density at radius 3 is 2.59 bits per heavy atom. The van der Waals surface area contributed by atoms with Crippen molar-refractivity contribution < 1.29 is 4.74 Å². The summed E-state index contributed by atoms with van der Waals surface area (Å²) in [6.45, 7) is 1.80. The molecule has 1 aromatic heterocycles. The third-order valence-electron chi connectivity index (χ3n) is 2.55. The summed E-state index contributed by atoms with van der Waals surface area (Å²) >= 11 is 3.42. The predicted molar refractivity (Wildman–Crippen MR) is 71.2 cm³/mol. The number of nitrogen functional groups attached to an aromatic ring is 2. The van der Waals surface area contributed by atoms with Crippen molar-refractivity contribution in [2.75, 3.05) is 18.7 Å². The Labute approximate surface area is 107 Å². The van der Waals surface area contributed by atoms with Crippen molar-refractivity contribution in [1.29, 1.82) is 0 Å². The number of ether oxygens (including phenoxy) is 1. The van der Waals surface area contributed by atoms with Gasteiger partial charge in [-0.1, -0.05) is 0 Å². The van der Waals surface area contributed by atoms with Crippen molar-refractivity contribution in [3.8, 4) is 17.0 Å². The Morgan fingerprint density at radius 2 is 2.12 bits per heavy atom. The third kappa shape index (κ3) is 1.95. The minimum absolute atomic E-state index is 0.444. The Balaban J connectivity index is 2.53. The Kier molecular flexibility index (Phi) is 2.97. The van der Waals surface area contributed by atoms with Crippen molar-refractivity contribution >= 4 is 21.7 Å². The van der Waals surface area contributed by atoms with Crippen LogP contribution >= 0.6 is 15.9 Å². The second-order valence-electron chi connectivity index (χ2n) is 3.61. The van der Waals surface area contributed by atoms with Gasteiger partial charge in [-0.2, -0.15) is 0 Å². The molecule has 2 aromatic rings. The second kappa shape index (κ2) is 4.29. The number of halogens is 1. The van der Waals surface area contributed by atoms with Crippen LogP contribution in [0, 0.1) is 6.92 Å². The number of nitrogens with two attached hydrogens (primary N) is 2. The molecular weight excluding hydrogens is 284 g/mol. The molecule has 90 valence electrons. The highest BCUT2D eigenvalue weighted by Gasteiger charge is 2.13. The minimum atomic E-state index is 0.444. The van der Waals surface area contributed by atoms with Crippen LogP contribution in [0.4, 0.5) is 5.82 Å². The second-order valence-corrected chi connectivity index (χ2v) is 4.47. The van der Waals surface area contributed by atoms with Gasteiger partial charge in [-0.15, -0.1) is 0 Å². The van der Waals surface area contributed by atoms with Crippen molar-refractivity contribution in [2.24, 2.45) is 0 Å². The fraction of sp³-hybridized carbons (Fsp3) is 0.182. The lowest BCUT2D eigenvalue weighted by Crippen LogP contribution is -2.13. The molecule has 0 aliphatic carbocycles. The summed E-state index contributed by atoms with van der Waals surface area (Å²) in [5.41, 5.74) is 7.45. The normalized spacial score (nSPS) is 10.5. The number of rotatable bonds is 2. The molecule has 17 heavy (non-hydrogen) atoms. The molecule has 6 heteroatoms. The van der Waals surface area contributed by atoms with Crippen LogP contribution in [0.15, 0.2) is 22.7 Å². The molecule has 0 amide bonds. The topological polar surface area (TPSA) is 79.1 Å². The van der Waals surface area contributed by atoms with Crippen LogP contribution < -0.4 is 16.3 Å². The number of benzene rings is 1. The number of nitrogens with zero attached hydrogens (tertiary/aromatic N) is 2. The fourth-order valence-corrected chi connectivity index (χ4v) is 2.13. The fourth-order valence-electron chi connectivity index (χ4n) is 1.59. The summed E-state index contributed by atoms with van der Waals surface area (Å²) < 4.78 is 7.38. The van der Waals surface area contributed by atoms with Crippen molar-refractivity contribution in [1.82, 2.24) is 9.66 Å². The van der Waals surface area contributed by atoms with Crippen molar-refractivity contribution in [3.63, 3.8) is 0 Å². The first kappa shape index (κ1) is 11.8. The van der Waals surface area contributed by atoms with E-state index in [4.69, 9.17) is 16.3 Å². The molecule has 0 saturated heterocycles. The summed E-state index contributed by atoms with van der Waals surface area (Å²) in [6, 6.07) is 5.64. The maximum Gasteiger partial charge on any atom is 0.150 e. The van der Waals surface area contributed by atoms with Crippen LogP contribution in [0.2, 0.25) is 0 Å². The zero-order valence-electron chi connectivity index (χ0n) is 9.57. The number of hydrogen-bond donors (Lipinski definition) is 2. The Hall–Kier alpha value is -1.69. The summed E-state index contributed by atoms with van der Waals surface area (Å²) in [5, 5.41) is 0. The molecule has 0 unspecified atom stereocenters. The highest BCUT2D eigenvalue weighted by Crippen LogP contribution is 2.32. The van der Waals surface area contributed by atoms with Crippen LogP contribution in [-0.2, 0) is 0 Å². The molecule has 0 bridgehead atoms. The summed E-state index contributed by atoms with van der Waals surface area (Å²) in [4.78, 5) is 4.33. The molecule has 0 saturated carbocycles. The molecule has 5 nitrogen and oxygen atoms in total. The molecular formula is C11H13BrN4O. The zero-order valence-corrected chi connectivity index (χ0v) is 11.2. The molecule has 0 fully saturated rings. The van der Waals surface area contributed by atoms with E-state index in [-0.39, 0.29) is 0 Å². The van der Waals surface area contributed by atoms with Gasteiger partial charge in [-0.25, -0.2) is 9.66 Å². The average molecular weight is 297 g/mol. The molecule has 0 spiro atoms. The maximum atomic E-state index is 5.88. The van der Waals surface area contributed by atoms with Crippen LogP contribution in [0.3, 0.4) is 0 Å².